The van der Waals surface area contributed by atoms with Gasteiger partial charge in [-0.1, -0.05) is 30.3 Å². The first-order chi connectivity index (χ1) is 11.1. The summed E-state index contributed by atoms with van der Waals surface area (Å²) in [5.41, 5.74) is 2.04. The molecule has 1 saturated heterocycles. The van der Waals surface area contributed by atoms with E-state index in [0.717, 1.165) is 11.3 Å². The topological polar surface area (TPSA) is 66.4 Å². The smallest absolute Gasteiger partial charge is 0.274 e. The quantitative estimate of drug-likeness (QED) is 0.842. The first-order valence-corrected chi connectivity index (χ1v) is 7.59. The fourth-order valence-electron chi connectivity index (χ4n) is 2.60. The number of hydrogen-bond donors (Lipinski definition) is 0. The van der Waals surface area contributed by atoms with Crippen LogP contribution in [-0.2, 0) is 4.79 Å². The van der Waals surface area contributed by atoms with Gasteiger partial charge in [0.2, 0.25) is 5.91 Å². The Bertz CT molecular complexity index is 692. The predicted molar refractivity (Wildman–Crippen MR) is 85.6 cm³/mol. The van der Waals surface area contributed by atoms with Crippen LogP contribution in [-0.4, -0.2) is 58.0 Å². The van der Waals surface area contributed by atoms with Crippen molar-refractivity contribution < 1.29 is 9.59 Å². The zero-order chi connectivity index (χ0) is 16.2. The van der Waals surface area contributed by atoms with Crippen molar-refractivity contribution in [1.82, 2.24) is 20.0 Å². The Morgan fingerprint density at radius 2 is 1.52 bits per heavy atom. The van der Waals surface area contributed by atoms with Crippen molar-refractivity contribution >= 4 is 11.8 Å². The number of benzene rings is 1. The van der Waals surface area contributed by atoms with E-state index in [9.17, 15) is 9.59 Å². The average Bonchev–Trinajstić information content (AvgIpc) is 2.62. The van der Waals surface area contributed by atoms with E-state index in [1.165, 1.54) is 0 Å². The first-order valence-electron chi connectivity index (χ1n) is 7.59. The van der Waals surface area contributed by atoms with Gasteiger partial charge in [0, 0.05) is 38.7 Å². The molecule has 0 unspecified atom stereocenters. The van der Waals surface area contributed by atoms with E-state index < -0.39 is 0 Å². The van der Waals surface area contributed by atoms with E-state index in [0.29, 0.717) is 31.9 Å². The van der Waals surface area contributed by atoms with E-state index in [1.807, 2.05) is 30.3 Å². The summed E-state index contributed by atoms with van der Waals surface area (Å²) >= 11 is 0. The molecule has 1 aromatic carbocycles. The molecule has 118 valence electrons. The molecule has 1 fully saturated rings. The maximum atomic E-state index is 12.4. The molecular formula is C17H18N4O2. The maximum Gasteiger partial charge on any atom is 0.274 e. The van der Waals surface area contributed by atoms with Gasteiger partial charge < -0.3 is 9.80 Å². The minimum Gasteiger partial charge on any atom is -0.339 e. The fraction of sp³-hybridized carbons (Fsp3) is 0.294. The number of nitrogens with zero attached hydrogens (tertiary/aromatic N) is 4. The van der Waals surface area contributed by atoms with E-state index in [-0.39, 0.29) is 11.8 Å². The highest BCUT2D eigenvalue weighted by molar-refractivity contribution is 5.92. The standard InChI is InChI=1S/C17H18N4O2/c1-13(22)20-9-11-21(12-10-20)17(23)16-8-7-15(18-19-16)14-5-3-2-4-6-14/h2-8H,9-12H2,1H3. The highest BCUT2D eigenvalue weighted by atomic mass is 16.2. The molecule has 2 amide bonds. The van der Waals surface area contributed by atoms with Crippen LogP contribution in [0.2, 0.25) is 0 Å². The number of carbonyl (C=O) groups is 2. The van der Waals surface area contributed by atoms with Crippen LogP contribution >= 0.6 is 0 Å². The number of carbonyl (C=O) groups excluding carboxylic acids is 2. The summed E-state index contributed by atoms with van der Waals surface area (Å²) in [5.74, 6) is -0.0931. The van der Waals surface area contributed by atoms with E-state index >= 15 is 0 Å². The van der Waals surface area contributed by atoms with Crippen LogP contribution < -0.4 is 0 Å². The van der Waals surface area contributed by atoms with Crippen LogP contribution in [0.4, 0.5) is 0 Å². The Morgan fingerprint density at radius 3 is 2.09 bits per heavy atom. The summed E-state index contributed by atoms with van der Waals surface area (Å²) in [7, 11) is 0. The largest absolute Gasteiger partial charge is 0.339 e. The third kappa shape index (κ3) is 3.36. The highest BCUT2D eigenvalue weighted by Gasteiger charge is 2.24. The molecule has 6 nitrogen and oxygen atoms in total. The monoisotopic (exact) mass is 310 g/mol. The van der Waals surface area contributed by atoms with Gasteiger partial charge in [-0.2, -0.15) is 0 Å². The normalized spacial score (nSPS) is 14.7. The fourth-order valence-corrected chi connectivity index (χ4v) is 2.60. The van der Waals surface area contributed by atoms with Gasteiger partial charge in [-0.3, -0.25) is 9.59 Å². The van der Waals surface area contributed by atoms with Gasteiger partial charge in [0.05, 0.1) is 5.69 Å². The lowest BCUT2D eigenvalue weighted by molar-refractivity contribution is -0.130. The van der Waals surface area contributed by atoms with Gasteiger partial charge in [-0.05, 0) is 12.1 Å². The second kappa shape index (κ2) is 6.56. The summed E-state index contributed by atoms with van der Waals surface area (Å²) < 4.78 is 0. The molecule has 0 aliphatic carbocycles. The van der Waals surface area contributed by atoms with Crippen molar-refractivity contribution in [3.05, 3.63) is 48.2 Å². The zero-order valence-corrected chi connectivity index (χ0v) is 13.0. The van der Waals surface area contributed by atoms with Crippen molar-refractivity contribution in [2.24, 2.45) is 0 Å². The third-order valence-electron chi connectivity index (χ3n) is 3.97. The van der Waals surface area contributed by atoms with E-state index in [2.05, 4.69) is 10.2 Å². The summed E-state index contributed by atoms with van der Waals surface area (Å²) in [6.45, 7) is 3.74. The summed E-state index contributed by atoms with van der Waals surface area (Å²) in [6, 6.07) is 13.2. The molecule has 1 aliphatic rings. The van der Waals surface area contributed by atoms with Crippen molar-refractivity contribution in [1.29, 1.82) is 0 Å². The van der Waals surface area contributed by atoms with Crippen LogP contribution in [0.25, 0.3) is 11.3 Å². The second-order valence-electron chi connectivity index (χ2n) is 5.47. The second-order valence-corrected chi connectivity index (χ2v) is 5.47. The molecule has 6 heteroatoms. The average molecular weight is 310 g/mol. The van der Waals surface area contributed by atoms with Crippen molar-refractivity contribution in [3.8, 4) is 11.3 Å². The van der Waals surface area contributed by atoms with Gasteiger partial charge in [-0.25, -0.2) is 0 Å². The molecule has 2 aromatic rings. The van der Waals surface area contributed by atoms with E-state index in [1.54, 1.807) is 28.9 Å². The molecule has 3 rings (SSSR count). The Labute approximate surface area is 134 Å². The van der Waals surface area contributed by atoms with E-state index in [4.69, 9.17) is 0 Å². The van der Waals surface area contributed by atoms with Crippen molar-refractivity contribution in [2.75, 3.05) is 26.2 Å². The van der Waals surface area contributed by atoms with Gasteiger partial charge >= 0.3 is 0 Å². The highest BCUT2D eigenvalue weighted by Crippen LogP contribution is 2.15. The van der Waals surface area contributed by atoms with Gasteiger partial charge in [0.1, 0.15) is 0 Å². The van der Waals surface area contributed by atoms with Gasteiger partial charge in [0.25, 0.3) is 5.91 Å². The van der Waals surface area contributed by atoms with Gasteiger partial charge in [0.15, 0.2) is 5.69 Å². The Balaban J connectivity index is 1.68. The molecule has 1 aromatic heterocycles. The van der Waals surface area contributed by atoms with Gasteiger partial charge in [-0.15, -0.1) is 10.2 Å². The number of amides is 2. The molecular weight excluding hydrogens is 292 g/mol. The minimum absolute atomic E-state index is 0.0455. The molecule has 0 bridgehead atoms. The SMILES string of the molecule is CC(=O)N1CCN(C(=O)c2ccc(-c3ccccc3)nn2)CC1. The predicted octanol–water partition coefficient (Wildman–Crippen LogP) is 1.45. The van der Waals surface area contributed by atoms with Crippen molar-refractivity contribution in [2.45, 2.75) is 6.92 Å². The summed E-state index contributed by atoms with van der Waals surface area (Å²) in [5, 5.41) is 8.21. The Hall–Kier alpha value is -2.76. The minimum atomic E-state index is -0.139. The lowest BCUT2D eigenvalue weighted by Crippen LogP contribution is -2.50. The molecule has 0 spiro atoms. The number of hydrogen-bond acceptors (Lipinski definition) is 4. The van der Waals surface area contributed by atoms with Crippen LogP contribution in [0.1, 0.15) is 17.4 Å². The number of piperazine rings is 1. The zero-order valence-electron chi connectivity index (χ0n) is 13.0. The molecule has 0 radical (unpaired) electrons. The molecule has 2 heterocycles. The lowest BCUT2D eigenvalue weighted by atomic mass is 10.1. The molecule has 0 atom stereocenters. The van der Waals surface area contributed by atoms with Crippen molar-refractivity contribution in [3.63, 3.8) is 0 Å². The lowest BCUT2D eigenvalue weighted by Gasteiger charge is -2.33. The Morgan fingerprint density at radius 1 is 0.870 bits per heavy atom. The molecule has 1 aliphatic heterocycles. The molecule has 0 saturated carbocycles. The van der Waals surface area contributed by atoms with Crippen LogP contribution in [0, 0.1) is 0 Å². The first kappa shape index (κ1) is 15.1. The Kier molecular flexibility index (Phi) is 4.32. The third-order valence-corrected chi connectivity index (χ3v) is 3.97. The summed E-state index contributed by atoms with van der Waals surface area (Å²) in [4.78, 5) is 27.2. The summed E-state index contributed by atoms with van der Waals surface area (Å²) in [6.07, 6.45) is 0. The van der Waals surface area contributed by atoms with Crippen LogP contribution in [0.3, 0.4) is 0 Å². The van der Waals surface area contributed by atoms with Crippen LogP contribution in [0.5, 0.6) is 0 Å². The van der Waals surface area contributed by atoms with Crippen LogP contribution in [0.15, 0.2) is 42.5 Å². The molecule has 0 N–H and O–H groups in total. The molecule has 23 heavy (non-hydrogen) atoms. The maximum absolute atomic E-state index is 12.4. The number of aromatic nitrogens is 2. The number of rotatable bonds is 2.